The van der Waals surface area contributed by atoms with E-state index < -0.39 is 9.76 Å². The van der Waals surface area contributed by atoms with Crippen molar-refractivity contribution in [2.45, 2.75) is 16.6 Å². The molecule has 9 heavy (non-hydrogen) atoms. The van der Waals surface area contributed by atoms with Crippen LogP contribution in [0.4, 0.5) is 0 Å². The number of carbonyl (C=O) groups excluding carboxylic acids is 1. The average Bonchev–Trinajstić information content (AvgIpc) is 1.59. The first kappa shape index (κ1) is 9.34. The van der Waals surface area contributed by atoms with E-state index in [4.69, 9.17) is 34.8 Å². The van der Waals surface area contributed by atoms with Crippen LogP contribution >= 0.6 is 34.8 Å². The lowest BCUT2D eigenvalue weighted by atomic mass is 10.3. The monoisotopic (exact) mass is 189 g/mol. The minimum Gasteiger partial charge on any atom is -0.247 e. The normalized spacial score (nSPS) is 11.4. The molecule has 0 rings (SSSR count). The molecule has 0 aromatic carbocycles. The number of rotatable bonds is 2. The predicted octanol–water partition coefficient (Wildman–Crippen LogP) is 2.09. The van der Waals surface area contributed by atoms with Crippen LogP contribution in [0, 0.1) is 0 Å². The molecule has 5 heteroatoms. The van der Waals surface area contributed by atoms with Crippen molar-refractivity contribution >= 4 is 40.8 Å². The Labute approximate surface area is 67.7 Å². The Morgan fingerprint density at radius 3 is 1.89 bits per heavy atom. The predicted molar refractivity (Wildman–Crippen MR) is 35.2 cm³/mol. The SMILES string of the molecule is [O]C(=O)CCC(Cl)(Cl)Cl. The number of hydrogen-bond acceptors (Lipinski definition) is 1. The lowest BCUT2D eigenvalue weighted by molar-refractivity contribution is -0.143. The van der Waals surface area contributed by atoms with E-state index >= 15 is 0 Å². The summed E-state index contributed by atoms with van der Waals surface area (Å²) in [6, 6.07) is 0. The summed E-state index contributed by atoms with van der Waals surface area (Å²) in [5.41, 5.74) is 0. The fourth-order valence-electron chi connectivity index (χ4n) is 0.244. The minimum atomic E-state index is -1.47. The molecular formula is C4H4Cl3O2. The van der Waals surface area contributed by atoms with Gasteiger partial charge in [-0.2, -0.15) is 0 Å². The molecule has 0 spiro atoms. The molecule has 0 aliphatic heterocycles. The third-order valence-corrected chi connectivity index (χ3v) is 1.18. The molecular weight excluding hydrogens is 186 g/mol. The van der Waals surface area contributed by atoms with Crippen LogP contribution in [0.1, 0.15) is 12.8 Å². The lowest BCUT2D eigenvalue weighted by Crippen LogP contribution is -2.05. The van der Waals surface area contributed by atoms with Gasteiger partial charge in [0, 0.05) is 6.42 Å². The van der Waals surface area contributed by atoms with E-state index in [1.165, 1.54) is 0 Å². The summed E-state index contributed by atoms with van der Waals surface area (Å²) in [7, 11) is 0. The average molecular weight is 190 g/mol. The van der Waals surface area contributed by atoms with Gasteiger partial charge in [0.1, 0.15) is 0 Å². The summed E-state index contributed by atoms with van der Waals surface area (Å²) >= 11 is 15.7. The topological polar surface area (TPSA) is 37.0 Å². The van der Waals surface area contributed by atoms with E-state index in [2.05, 4.69) is 0 Å². The van der Waals surface area contributed by atoms with Crippen LogP contribution < -0.4 is 0 Å². The van der Waals surface area contributed by atoms with Gasteiger partial charge in [-0.25, -0.2) is 9.90 Å². The van der Waals surface area contributed by atoms with Crippen molar-refractivity contribution in [3.8, 4) is 0 Å². The van der Waals surface area contributed by atoms with Crippen molar-refractivity contribution in [1.82, 2.24) is 0 Å². The smallest absolute Gasteiger partial charge is 0.247 e. The Bertz CT molecular complexity index is 107. The van der Waals surface area contributed by atoms with Gasteiger partial charge in [0.15, 0.2) is 3.79 Å². The Kier molecular flexibility index (Phi) is 3.63. The van der Waals surface area contributed by atoms with E-state index in [1.54, 1.807) is 0 Å². The molecule has 0 saturated carbocycles. The Balaban J connectivity index is 3.39. The first-order valence-electron chi connectivity index (χ1n) is 2.18. The van der Waals surface area contributed by atoms with Crippen LogP contribution in [-0.2, 0) is 9.90 Å². The second-order valence-electron chi connectivity index (χ2n) is 1.49. The molecule has 0 amide bonds. The van der Waals surface area contributed by atoms with Crippen LogP contribution in [0.5, 0.6) is 0 Å². The zero-order valence-electron chi connectivity index (χ0n) is 4.36. The molecule has 0 unspecified atom stereocenters. The number of hydrogen-bond donors (Lipinski definition) is 0. The summed E-state index contributed by atoms with van der Waals surface area (Å²) in [4.78, 5) is 9.76. The van der Waals surface area contributed by atoms with E-state index in [1.807, 2.05) is 0 Å². The van der Waals surface area contributed by atoms with Gasteiger partial charge in [-0.3, -0.25) is 0 Å². The quantitative estimate of drug-likeness (QED) is 0.614. The molecule has 1 radical (unpaired) electrons. The largest absolute Gasteiger partial charge is 0.355 e. The maximum Gasteiger partial charge on any atom is 0.355 e. The zero-order valence-corrected chi connectivity index (χ0v) is 6.63. The standard InChI is InChI=1S/C4H4Cl3O2/c5-4(6,7)2-1-3(8)9/h1-2H2. The minimum absolute atomic E-state index is 0.0139. The number of alkyl halides is 3. The van der Waals surface area contributed by atoms with E-state index in [9.17, 15) is 9.90 Å². The fraction of sp³-hybridized carbons (Fsp3) is 0.750. The molecule has 0 N–H and O–H groups in total. The highest BCUT2D eigenvalue weighted by atomic mass is 35.6. The van der Waals surface area contributed by atoms with Crippen LogP contribution in [0.3, 0.4) is 0 Å². The lowest BCUT2D eigenvalue weighted by Gasteiger charge is -2.05. The second-order valence-corrected chi connectivity index (χ2v) is 4.00. The van der Waals surface area contributed by atoms with Gasteiger partial charge in [0.2, 0.25) is 0 Å². The fourth-order valence-corrected chi connectivity index (χ4v) is 0.527. The van der Waals surface area contributed by atoms with Gasteiger partial charge in [-0.1, -0.05) is 34.8 Å². The highest BCUT2D eigenvalue weighted by molar-refractivity contribution is 6.67. The highest BCUT2D eigenvalue weighted by Crippen LogP contribution is 2.30. The summed E-state index contributed by atoms with van der Waals surface area (Å²) in [5.74, 6) is -1.21. The van der Waals surface area contributed by atoms with Crippen LogP contribution in [0.2, 0.25) is 0 Å². The van der Waals surface area contributed by atoms with E-state index in [-0.39, 0.29) is 12.8 Å². The van der Waals surface area contributed by atoms with Crippen LogP contribution in [-0.4, -0.2) is 9.76 Å². The van der Waals surface area contributed by atoms with Crippen LogP contribution in [0.25, 0.3) is 0 Å². The van der Waals surface area contributed by atoms with Crippen molar-refractivity contribution in [2.75, 3.05) is 0 Å². The van der Waals surface area contributed by atoms with E-state index in [0.717, 1.165) is 0 Å². The molecule has 0 aliphatic rings. The third-order valence-electron chi connectivity index (χ3n) is 0.613. The summed E-state index contributed by atoms with van der Waals surface area (Å²) in [6.45, 7) is 0. The molecule has 0 aromatic heterocycles. The maximum absolute atomic E-state index is 9.76. The first-order valence-corrected chi connectivity index (χ1v) is 3.32. The molecule has 0 saturated heterocycles. The van der Waals surface area contributed by atoms with Gasteiger partial charge in [0.05, 0.1) is 6.42 Å². The van der Waals surface area contributed by atoms with Gasteiger partial charge >= 0.3 is 5.97 Å². The Hall–Kier alpha value is 0.340. The summed E-state index contributed by atoms with van der Waals surface area (Å²) in [6.07, 6.45) is -0.240. The molecule has 0 heterocycles. The van der Waals surface area contributed by atoms with Gasteiger partial charge in [-0.15, -0.1) is 0 Å². The molecule has 0 atom stereocenters. The molecule has 53 valence electrons. The van der Waals surface area contributed by atoms with Crippen molar-refractivity contribution in [3.63, 3.8) is 0 Å². The molecule has 0 fully saturated rings. The van der Waals surface area contributed by atoms with Crippen molar-refractivity contribution in [3.05, 3.63) is 0 Å². The zero-order chi connectivity index (χ0) is 7.49. The first-order chi connectivity index (χ1) is 3.92. The summed E-state index contributed by atoms with van der Waals surface area (Å²) in [5, 5.41) is 9.76. The highest BCUT2D eigenvalue weighted by Gasteiger charge is 2.20. The molecule has 2 nitrogen and oxygen atoms in total. The summed E-state index contributed by atoms with van der Waals surface area (Å²) < 4.78 is -1.47. The maximum atomic E-state index is 9.76. The molecule has 0 bridgehead atoms. The molecule has 0 aromatic rings. The second kappa shape index (κ2) is 3.49. The molecule has 0 aliphatic carbocycles. The number of halogens is 3. The van der Waals surface area contributed by atoms with Crippen molar-refractivity contribution in [2.24, 2.45) is 0 Å². The van der Waals surface area contributed by atoms with Crippen molar-refractivity contribution < 1.29 is 9.90 Å². The Morgan fingerprint density at radius 2 is 1.78 bits per heavy atom. The van der Waals surface area contributed by atoms with Gasteiger partial charge in [-0.05, 0) is 0 Å². The van der Waals surface area contributed by atoms with Crippen molar-refractivity contribution in [1.29, 1.82) is 0 Å². The number of carbonyl (C=O) groups is 1. The van der Waals surface area contributed by atoms with Gasteiger partial charge in [0.25, 0.3) is 0 Å². The van der Waals surface area contributed by atoms with E-state index in [0.29, 0.717) is 0 Å². The Morgan fingerprint density at radius 1 is 1.33 bits per heavy atom. The van der Waals surface area contributed by atoms with Crippen LogP contribution in [0.15, 0.2) is 0 Å². The van der Waals surface area contributed by atoms with Gasteiger partial charge < -0.3 is 0 Å². The third kappa shape index (κ3) is 8.34.